The zero-order valence-corrected chi connectivity index (χ0v) is 27.5. The van der Waals surface area contributed by atoms with Crippen molar-refractivity contribution in [1.82, 2.24) is 0 Å². The highest BCUT2D eigenvalue weighted by Gasteiger charge is 2.82. The Kier molecular flexibility index (Phi) is 7.31. The highest BCUT2D eigenvalue weighted by atomic mass is 19.4. The van der Waals surface area contributed by atoms with Gasteiger partial charge in [0, 0.05) is 0 Å². The van der Waals surface area contributed by atoms with E-state index >= 15 is 14.4 Å². The summed E-state index contributed by atoms with van der Waals surface area (Å²) in [6.07, 6.45) is -4.71. The fourth-order valence-electron chi connectivity index (χ4n) is 8.72. The van der Waals surface area contributed by atoms with E-state index in [2.05, 4.69) is 0 Å². The van der Waals surface area contributed by atoms with Crippen LogP contribution in [0.25, 0.3) is 11.1 Å². The van der Waals surface area contributed by atoms with Gasteiger partial charge in [-0.3, -0.25) is 14.4 Å². The van der Waals surface area contributed by atoms with Crippen LogP contribution in [0, 0.1) is 11.8 Å². The molecule has 0 radical (unpaired) electrons. The molecule has 2 fully saturated rings. The van der Waals surface area contributed by atoms with Crippen LogP contribution in [0.15, 0.2) is 133 Å². The number of alkyl halides is 3. The van der Waals surface area contributed by atoms with Crippen LogP contribution in [0.4, 0.5) is 18.9 Å². The van der Waals surface area contributed by atoms with Crippen molar-refractivity contribution in [3.8, 4) is 11.5 Å². The Labute approximate surface area is 291 Å². The van der Waals surface area contributed by atoms with Crippen LogP contribution in [-0.2, 0) is 31.4 Å². The van der Waals surface area contributed by atoms with Gasteiger partial charge in [0.15, 0.2) is 5.78 Å². The molecule has 0 aromatic heterocycles. The number of anilines is 1. The number of methoxy groups -OCH3 is 2. The summed E-state index contributed by atoms with van der Waals surface area (Å²) in [5, 5.41) is 0. The molecule has 1 saturated heterocycles. The molecule has 2 bridgehead atoms. The number of hydrogen-bond donors (Lipinski definition) is 0. The molecule has 5 aromatic carbocycles. The molecule has 0 unspecified atom stereocenters. The number of fused-ring (bicyclic) bond motifs is 5. The van der Waals surface area contributed by atoms with Gasteiger partial charge < -0.3 is 9.47 Å². The standard InChI is InChI=1S/C42H30F3NO5/c1-50-31-20-16-25(17-21-31)33-34(26-18-22-32(51-2)23-19-26)41(28-12-7-4-8-13-28)36-35(40(33,39(41)49)27-10-5-3-6-11-27)37(47)46(38(36)48)30-15-9-14-29(24-30)42(43,44)45/h3-24,35-36H,1-2H3/t35-,36+,40+,41-. The number of halogens is 3. The molecule has 8 rings (SSSR count). The van der Waals surface area contributed by atoms with E-state index in [1.54, 1.807) is 99.1 Å². The lowest BCUT2D eigenvalue weighted by molar-refractivity contribution is -0.137. The molecule has 9 heteroatoms. The average molecular weight is 686 g/mol. The molecule has 6 nitrogen and oxygen atoms in total. The second-order valence-corrected chi connectivity index (χ2v) is 12.9. The maximum absolute atomic E-state index is 16.0. The molecule has 2 aliphatic carbocycles. The van der Waals surface area contributed by atoms with Crippen molar-refractivity contribution in [2.75, 3.05) is 19.1 Å². The number of hydrogen-bond acceptors (Lipinski definition) is 5. The van der Waals surface area contributed by atoms with Crippen LogP contribution < -0.4 is 14.4 Å². The van der Waals surface area contributed by atoms with Crippen LogP contribution in [0.5, 0.6) is 11.5 Å². The quantitative estimate of drug-likeness (QED) is 0.163. The van der Waals surface area contributed by atoms with Crippen molar-refractivity contribution in [2.24, 2.45) is 11.8 Å². The Morgan fingerprint density at radius 3 is 1.39 bits per heavy atom. The van der Waals surface area contributed by atoms with Crippen LogP contribution in [0.2, 0.25) is 0 Å². The smallest absolute Gasteiger partial charge is 0.416 e. The number of amides is 2. The lowest BCUT2D eigenvalue weighted by Gasteiger charge is -2.39. The predicted octanol–water partition coefficient (Wildman–Crippen LogP) is 7.91. The Morgan fingerprint density at radius 1 is 0.569 bits per heavy atom. The van der Waals surface area contributed by atoms with Gasteiger partial charge in [0.2, 0.25) is 11.8 Å². The Morgan fingerprint density at radius 2 is 1.00 bits per heavy atom. The van der Waals surface area contributed by atoms with E-state index in [4.69, 9.17) is 9.47 Å². The second-order valence-electron chi connectivity index (χ2n) is 12.9. The first-order chi connectivity index (χ1) is 24.6. The first-order valence-corrected chi connectivity index (χ1v) is 16.3. The normalized spacial score (nSPS) is 23.9. The SMILES string of the molecule is COc1ccc(C2=C(c3ccc(OC)cc3)[C@]3(c4ccccc4)C(=O)[C@@]2(c2ccccc2)[C@@H]2C(=O)N(c4cccc(C(F)(F)F)c4)C(=O)[C@@H]23)cc1. The van der Waals surface area contributed by atoms with Gasteiger partial charge in [-0.1, -0.05) is 91.0 Å². The number of nitrogens with zero attached hydrogens (tertiary/aromatic N) is 1. The zero-order chi connectivity index (χ0) is 35.7. The van der Waals surface area contributed by atoms with E-state index in [0.29, 0.717) is 44.9 Å². The van der Waals surface area contributed by atoms with E-state index < -0.39 is 46.2 Å². The number of carbonyl (C=O) groups excluding carboxylic acids is 3. The molecule has 0 N–H and O–H groups in total. The molecular formula is C42H30F3NO5. The first kappa shape index (κ1) is 32.3. The number of rotatable bonds is 7. The van der Waals surface area contributed by atoms with Gasteiger partial charge in [-0.2, -0.15) is 13.2 Å². The highest BCUT2D eigenvalue weighted by Crippen LogP contribution is 2.74. The molecule has 1 aliphatic heterocycles. The van der Waals surface area contributed by atoms with E-state index in [1.807, 2.05) is 24.3 Å². The molecule has 2 amide bonds. The number of benzene rings is 5. The van der Waals surface area contributed by atoms with Gasteiger partial charge in [-0.15, -0.1) is 0 Å². The number of Topliss-reactive ketones (excluding diaryl/α,β-unsaturated/α-hetero) is 1. The van der Waals surface area contributed by atoms with Crippen molar-refractivity contribution in [3.63, 3.8) is 0 Å². The number of allylic oxidation sites excluding steroid dienone is 2. The van der Waals surface area contributed by atoms with Crippen molar-refractivity contribution < 1.29 is 37.0 Å². The van der Waals surface area contributed by atoms with Crippen molar-refractivity contribution in [3.05, 3.63) is 161 Å². The van der Waals surface area contributed by atoms with Crippen LogP contribution in [0.1, 0.15) is 27.8 Å². The van der Waals surface area contributed by atoms with Gasteiger partial charge in [0.25, 0.3) is 0 Å². The lowest BCUT2D eigenvalue weighted by atomic mass is 9.59. The number of imide groups is 1. The minimum Gasteiger partial charge on any atom is -0.497 e. The number of ether oxygens (including phenoxy) is 2. The van der Waals surface area contributed by atoms with Crippen LogP contribution >= 0.6 is 0 Å². The molecule has 0 spiro atoms. The lowest BCUT2D eigenvalue weighted by Crippen LogP contribution is -2.45. The molecule has 5 aromatic rings. The third kappa shape index (κ3) is 4.33. The number of ketones is 1. The Bertz CT molecular complexity index is 2100. The van der Waals surface area contributed by atoms with Gasteiger partial charge in [-0.25, -0.2) is 4.90 Å². The predicted molar refractivity (Wildman–Crippen MR) is 185 cm³/mol. The molecule has 1 saturated carbocycles. The van der Waals surface area contributed by atoms with Gasteiger partial charge in [-0.05, 0) is 75.9 Å². The summed E-state index contributed by atoms with van der Waals surface area (Å²) >= 11 is 0. The summed E-state index contributed by atoms with van der Waals surface area (Å²) in [5.74, 6) is -3.23. The molecule has 51 heavy (non-hydrogen) atoms. The first-order valence-electron chi connectivity index (χ1n) is 16.3. The van der Waals surface area contributed by atoms with E-state index in [1.165, 1.54) is 12.1 Å². The maximum atomic E-state index is 16.0. The summed E-state index contributed by atoms with van der Waals surface area (Å²) in [7, 11) is 3.09. The number of carbonyl (C=O) groups is 3. The summed E-state index contributed by atoms with van der Waals surface area (Å²) in [6.45, 7) is 0. The summed E-state index contributed by atoms with van der Waals surface area (Å²) in [6, 6.07) is 36.4. The van der Waals surface area contributed by atoms with E-state index in [0.717, 1.165) is 17.0 Å². The average Bonchev–Trinajstić information content (AvgIpc) is 3.67. The van der Waals surface area contributed by atoms with Gasteiger partial charge in [0.1, 0.15) is 11.5 Å². The molecule has 254 valence electrons. The molecule has 1 heterocycles. The van der Waals surface area contributed by atoms with E-state index in [-0.39, 0.29) is 11.5 Å². The highest BCUT2D eigenvalue weighted by molar-refractivity contribution is 6.39. The third-order valence-corrected chi connectivity index (χ3v) is 10.6. The molecular weight excluding hydrogens is 655 g/mol. The summed E-state index contributed by atoms with van der Waals surface area (Å²) in [5.41, 5.74) is -1.27. The monoisotopic (exact) mass is 685 g/mol. The van der Waals surface area contributed by atoms with Gasteiger partial charge >= 0.3 is 6.18 Å². The Balaban J connectivity index is 1.52. The fraction of sp³-hybridized carbons (Fsp3) is 0.167. The fourth-order valence-corrected chi connectivity index (χ4v) is 8.72. The van der Waals surface area contributed by atoms with Crippen LogP contribution in [0.3, 0.4) is 0 Å². The summed E-state index contributed by atoms with van der Waals surface area (Å²) in [4.78, 5) is 47.0. The van der Waals surface area contributed by atoms with Gasteiger partial charge in [0.05, 0.1) is 48.1 Å². The van der Waals surface area contributed by atoms with Crippen molar-refractivity contribution in [2.45, 2.75) is 17.0 Å². The second kappa shape index (κ2) is 11.6. The third-order valence-electron chi connectivity index (χ3n) is 10.6. The Hall–Kier alpha value is -5.96. The van der Waals surface area contributed by atoms with Crippen molar-refractivity contribution in [1.29, 1.82) is 0 Å². The zero-order valence-electron chi connectivity index (χ0n) is 27.5. The summed E-state index contributed by atoms with van der Waals surface area (Å²) < 4.78 is 52.8. The van der Waals surface area contributed by atoms with E-state index in [9.17, 15) is 13.2 Å². The molecule has 4 atom stereocenters. The maximum Gasteiger partial charge on any atom is 0.416 e. The topological polar surface area (TPSA) is 72.9 Å². The largest absolute Gasteiger partial charge is 0.497 e. The van der Waals surface area contributed by atoms with Crippen LogP contribution in [-0.4, -0.2) is 31.8 Å². The molecule has 3 aliphatic rings. The minimum atomic E-state index is -4.71. The van der Waals surface area contributed by atoms with Crippen molar-refractivity contribution >= 4 is 34.4 Å². The minimum absolute atomic E-state index is 0.204.